The van der Waals surface area contributed by atoms with E-state index in [-0.39, 0.29) is 6.10 Å². The Morgan fingerprint density at radius 3 is 3.00 bits per heavy atom. The van der Waals surface area contributed by atoms with Gasteiger partial charge >= 0.3 is 5.97 Å². The van der Waals surface area contributed by atoms with E-state index in [4.69, 9.17) is 9.72 Å². The molecular formula is C27H36N4O3. The maximum Gasteiger partial charge on any atom is 0.325 e. The fraction of sp³-hybridized carbons (Fsp3) is 0.593. The van der Waals surface area contributed by atoms with E-state index in [1.54, 1.807) is 0 Å². The predicted octanol–water partition coefficient (Wildman–Crippen LogP) is 4.26. The van der Waals surface area contributed by atoms with Crippen molar-refractivity contribution >= 4 is 11.8 Å². The van der Waals surface area contributed by atoms with Gasteiger partial charge in [0.2, 0.25) is 0 Å². The fourth-order valence-electron chi connectivity index (χ4n) is 5.30. The van der Waals surface area contributed by atoms with E-state index in [9.17, 15) is 9.90 Å². The standard InChI is InChI=1S/C27H36N4O3/c1-18-15-23(24(29-16-18)19-7-8-19)25(27(32)33)31-13-11-22(17-31)34-14-3-2-6-21-10-9-20-5-4-12-28-26(20)30-21/h9-10,15-16,19,22,25H,2-8,11-14,17H2,1H3,(H,28,30)(H,32,33). The Morgan fingerprint density at radius 1 is 1.29 bits per heavy atom. The number of nitrogens with one attached hydrogen (secondary N) is 1. The van der Waals surface area contributed by atoms with Crippen LogP contribution in [0, 0.1) is 6.92 Å². The Balaban J connectivity index is 1.10. The summed E-state index contributed by atoms with van der Waals surface area (Å²) in [6.45, 7) is 5.11. The van der Waals surface area contributed by atoms with Crippen molar-refractivity contribution in [2.75, 3.05) is 31.6 Å². The van der Waals surface area contributed by atoms with Gasteiger partial charge in [-0.3, -0.25) is 14.7 Å². The second-order valence-electron chi connectivity index (χ2n) is 10.1. The van der Waals surface area contributed by atoms with Crippen molar-refractivity contribution in [1.29, 1.82) is 0 Å². The van der Waals surface area contributed by atoms with Gasteiger partial charge in [0.05, 0.1) is 6.10 Å². The molecular weight excluding hydrogens is 428 g/mol. The van der Waals surface area contributed by atoms with Gasteiger partial charge in [-0.15, -0.1) is 0 Å². The highest BCUT2D eigenvalue weighted by molar-refractivity contribution is 5.76. The molecule has 2 N–H and O–H groups in total. The Kier molecular flexibility index (Phi) is 7.11. The lowest BCUT2D eigenvalue weighted by Crippen LogP contribution is -2.34. The number of likely N-dealkylation sites (tertiary alicyclic amines) is 1. The number of ether oxygens (including phenoxy) is 1. The normalized spacial score (nSPS) is 21.1. The SMILES string of the molecule is Cc1cnc(C2CC2)c(C(C(=O)O)N2CCC(OCCCCc3ccc4c(n3)NCCC4)C2)c1. The number of carboxylic acid groups (broad SMARTS) is 1. The molecule has 2 aromatic rings. The van der Waals surface area contributed by atoms with E-state index >= 15 is 0 Å². The van der Waals surface area contributed by atoms with Crippen molar-refractivity contribution < 1.29 is 14.6 Å². The molecule has 182 valence electrons. The zero-order valence-corrected chi connectivity index (χ0v) is 20.1. The molecule has 7 nitrogen and oxygen atoms in total. The van der Waals surface area contributed by atoms with Crippen molar-refractivity contribution in [3.8, 4) is 0 Å². The lowest BCUT2D eigenvalue weighted by atomic mass is 9.99. The van der Waals surface area contributed by atoms with Gasteiger partial charge in [0.15, 0.2) is 0 Å². The number of aromatic nitrogens is 2. The number of aliphatic carboxylic acids is 1. The molecule has 0 spiro atoms. The summed E-state index contributed by atoms with van der Waals surface area (Å²) in [6.07, 6.45) is 10.3. The Morgan fingerprint density at radius 2 is 2.18 bits per heavy atom. The zero-order valence-electron chi connectivity index (χ0n) is 20.1. The third kappa shape index (κ3) is 5.41. The van der Waals surface area contributed by atoms with Gasteiger partial charge in [0.1, 0.15) is 11.9 Å². The van der Waals surface area contributed by atoms with Crippen LogP contribution in [0.5, 0.6) is 0 Å². The summed E-state index contributed by atoms with van der Waals surface area (Å²) < 4.78 is 6.16. The van der Waals surface area contributed by atoms with Gasteiger partial charge < -0.3 is 15.2 Å². The minimum atomic E-state index is -0.790. The van der Waals surface area contributed by atoms with E-state index in [0.717, 1.165) is 86.4 Å². The molecule has 1 saturated carbocycles. The van der Waals surface area contributed by atoms with Crippen LogP contribution in [-0.2, 0) is 22.4 Å². The molecule has 7 heteroatoms. The summed E-state index contributed by atoms with van der Waals surface area (Å²) in [4.78, 5) is 23.8. The van der Waals surface area contributed by atoms with E-state index in [0.29, 0.717) is 19.1 Å². The molecule has 1 saturated heterocycles. The summed E-state index contributed by atoms with van der Waals surface area (Å²) in [6, 6.07) is 5.76. The quantitative estimate of drug-likeness (QED) is 0.508. The second-order valence-corrected chi connectivity index (χ2v) is 10.1. The Labute approximate surface area is 201 Å². The molecule has 0 aromatic carbocycles. The maximum absolute atomic E-state index is 12.3. The number of carboxylic acids is 1. The smallest absolute Gasteiger partial charge is 0.325 e. The molecule has 0 radical (unpaired) electrons. The van der Waals surface area contributed by atoms with Crippen LogP contribution in [0.3, 0.4) is 0 Å². The van der Waals surface area contributed by atoms with Crippen LogP contribution < -0.4 is 5.32 Å². The van der Waals surface area contributed by atoms with Gasteiger partial charge in [-0.1, -0.05) is 12.1 Å². The van der Waals surface area contributed by atoms with E-state index in [1.165, 1.54) is 12.0 Å². The molecule has 34 heavy (non-hydrogen) atoms. The number of fused-ring (bicyclic) bond motifs is 1. The highest BCUT2D eigenvalue weighted by Crippen LogP contribution is 2.43. The molecule has 2 aliphatic heterocycles. The first-order valence-corrected chi connectivity index (χ1v) is 12.9. The summed E-state index contributed by atoms with van der Waals surface area (Å²) in [7, 11) is 0. The third-order valence-electron chi connectivity index (χ3n) is 7.25. The summed E-state index contributed by atoms with van der Waals surface area (Å²) in [5.74, 6) is 0.696. The first-order valence-electron chi connectivity index (χ1n) is 12.9. The minimum Gasteiger partial charge on any atom is -0.480 e. The van der Waals surface area contributed by atoms with Gasteiger partial charge in [-0.2, -0.15) is 0 Å². The highest BCUT2D eigenvalue weighted by atomic mass is 16.5. The van der Waals surface area contributed by atoms with Crippen LogP contribution in [0.1, 0.15) is 78.6 Å². The van der Waals surface area contributed by atoms with Crippen molar-refractivity contribution in [3.63, 3.8) is 0 Å². The summed E-state index contributed by atoms with van der Waals surface area (Å²) >= 11 is 0. The first kappa shape index (κ1) is 23.2. The van der Waals surface area contributed by atoms with Crippen LogP contribution in [0.25, 0.3) is 0 Å². The minimum absolute atomic E-state index is 0.0927. The molecule has 2 unspecified atom stereocenters. The molecule has 1 aliphatic carbocycles. The number of nitrogens with zero attached hydrogens (tertiary/aromatic N) is 3. The Bertz CT molecular complexity index is 1020. The van der Waals surface area contributed by atoms with Gasteiger partial charge in [-0.05, 0) is 75.5 Å². The van der Waals surface area contributed by atoms with Crippen molar-refractivity contribution in [2.45, 2.75) is 76.4 Å². The molecule has 0 amide bonds. The molecule has 2 atom stereocenters. The second kappa shape index (κ2) is 10.4. The number of anilines is 1. The topological polar surface area (TPSA) is 87.6 Å². The van der Waals surface area contributed by atoms with Crippen LogP contribution in [0.2, 0.25) is 0 Å². The predicted molar refractivity (Wildman–Crippen MR) is 131 cm³/mol. The van der Waals surface area contributed by atoms with Crippen LogP contribution in [-0.4, -0.2) is 58.3 Å². The van der Waals surface area contributed by atoms with Crippen LogP contribution in [0.15, 0.2) is 24.4 Å². The molecule has 2 aromatic heterocycles. The lowest BCUT2D eigenvalue weighted by Gasteiger charge is -2.26. The number of rotatable bonds is 10. The van der Waals surface area contributed by atoms with Crippen LogP contribution >= 0.6 is 0 Å². The number of carbonyl (C=O) groups is 1. The van der Waals surface area contributed by atoms with E-state index in [1.807, 2.05) is 19.2 Å². The third-order valence-corrected chi connectivity index (χ3v) is 7.25. The van der Waals surface area contributed by atoms with Crippen molar-refractivity contribution in [1.82, 2.24) is 14.9 Å². The maximum atomic E-state index is 12.3. The number of unbranched alkanes of at least 4 members (excludes halogenated alkanes) is 1. The summed E-state index contributed by atoms with van der Waals surface area (Å²) in [5.41, 5.74) is 5.34. The van der Waals surface area contributed by atoms with E-state index < -0.39 is 12.0 Å². The average Bonchev–Trinajstić information content (AvgIpc) is 3.57. The average molecular weight is 465 g/mol. The highest BCUT2D eigenvalue weighted by Gasteiger charge is 2.38. The molecule has 2 fully saturated rings. The monoisotopic (exact) mass is 464 g/mol. The Hall–Kier alpha value is -2.51. The van der Waals surface area contributed by atoms with Gasteiger partial charge in [0, 0.05) is 55.3 Å². The zero-order chi connectivity index (χ0) is 23.5. The molecule has 3 aliphatic rings. The molecule has 0 bridgehead atoms. The van der Waals surface area contributed by atoms with Crippen molar-refractivity contribution in [2.24, 2.45) is 0 Å². The van der Waals surface area contributed by atoms with Crippen molar-refractivity contribution in [3.05, 3.63) is 52.5 Å². The van der Waals surface area contributed by atoms with E-state index in [2.05, 4.69) is 27.3 Å². The number of aryl methyl sites for hydroxylation is 3. The number of hydrogen-bond acceptors (Lipinski definition) is 6. The largest absolute Gasteiger partial charge is 0.480 e. The van der Waals surface area contributed by atoms with Crippen LogP contribution in [0.4, 0.5) is 5.82 Å². The molecule has 5 rings (SSSR count). The fourth-order valence-corrected chi connectivity index (χ4v) is 5.30. The van der Waals surface area contributed by atoms with Gasteiger partial charge in [-0.25, -0.2) is 4.98 Å². The lowest BCUT2D eigenvalue weighted by molar-refractivity contribution is -0.143. The summed E-state index contributed by atoms with van der Waals surface area (Å²) in [5, 5.41) is 13.5. The number of hydrogen-bond donors (Lipinski definition) is 2. The molecule has 4 heterocycles. The van der Waals surface area contributed by atoms with Gasteiger partial charge in [0.25, 0.3) is 0 Å². The first-order chi connectivity index (χ1) is 16.6. The number of pyridine rings is 2.